The summed E-state index contributed by atoms with van der Waals surface area (Å²) in [4.78, 5) is 24.9. The first-order valence-electron chi connectivity index (χ1n) is 9.27. The molecule has 0 bridgehead atoms. The summed E-state index contributed by atoms with van der Waals surface area (Å²) in [5.74, 6) is -0.930. The van der Waals surface area contributed by atoms with E-state index in [2.05, 4.69) is 26.1 Å². The number of anilines is 1. The van der Waals surface area contributed by atoms with Gasteiger partial charge in [0.05, 0.1) is 0 Å². The Bertz CT molecular complexity index is 1010. The maximum absolute atomic E-state index is 12.5. The second-order valence-electron chi connectivity index (χ2n) is 7.92. The first-order valence-corrected chi connectivity index (χ1v) is 9.27. The van der Waals surface area contributed by atoms with E-state index in [0.29, 0.717) is 16.8 Å². The molecule has 0 spiro atoms. The van der Waals surface area contributed by atoms with Crippen molar-refractivity contribution in [3.63, 3.8) is 0 Å². The van der Waals surface area contributed by atoms with Gasteiger partial charge in [0.2, 0.25) is 5.76 Å². The van der Waals surface area contributed by atoms with Crippen molar-refractivity contribution in [2.75, 3.05) is 5.32 Å². The molecule has 5 nitrogen and oxygen atoms in total. The van der Waals surface area contributed by atoms with E-state index in [9.17, 15) is 9.59 Å². The first kappa shape index (κ1) is 19.7. The van der Waals surface area contributed by atoms with Crippen molar-refractivity contribution >= 4 is 28.5 Å². The second-order valence-corrected chi connectivity index (χ2v) is 7.92. The highest BCUT2D eigenvalue weighted by Crippen LogP contribution is 2.26. The monoisotopic (exact) mass is 379 g/mol. The van der Waals surface area contributed by atoms with Crippen LogP contribution in [0.4, 0.5) is 5.69 Å². The van der Waals surface area contributed by atoms with Crippen molar-refractivity contribution in [3.8, 4) is 0 Å². The van der Waals surface area contributed by atoms with Crippen LogP contribution in [0.25, 0.3) is 11.0 Å². The van der Waals surface area contributed by atoms with Crippen LogP contribution in [0.15, 0.2) is 52.9 Å². The van der Waals surface area contributed by atoms with Crippen LogP contribution in [0.3, 0.4) is 0 Å². The van der Waals surface area contributed by atoms with E-state index < -0.39 is 18.0 Å². The number of benzene rings is 2. The maximum Gasteiger partial charge on any atom is 0.375 e. The van der Waals surface area contributed by atoms with Crippen molar-refractivity contribution in [1.29, 1.82) is 0 Å². The third kappa shape index (κ3) is 4.09. The number of ether oxygens (including phenoxy) is 1. The smallest absolute Gasteiger partial charge is 0.375 e. The molecule has 5 heteroatoms. The molecule has 0 unspecified atom stereocenters. The van der Waals surface area contributed by atoms with E-state index in [-0.39, 0.29) is 11.2 Å². The predicted molar refractivity (Wildman–Crippen MR) is 110 cm³/mol. The molecular weight excluding hydrogens is 354 g/mol. The Morgan fingerprint density at radius 1 is 1.04 bits per heavy atom. The number of hydrogen-bond acceptors (Lipinski definition) is 4. The molecule has 1 aromatic heterocycles. The molecule has 0 saturated heterocycles. The number of carbonyl (C=O) groups excluding carboxylic acids is 2. The van der Waals surface area contributed by atoms with Gasteiger partial charge in [-0.25, -0.2) is 4.79 Å². The summed E-state index contributed by atoms with van der Waals surface area (Å²) >= 11 is 0. The number of aryl methyl sites for hydroxylation is 1. The first-order chi connectivity index (χ1) is 13.2. The molecule has 1 heterocycles. The van der Waals surface area contributed by atoms with Crippen LogP contribution >= 0.6 is 0 Å². The third-order valence-corrected chi connectivity index (χ3v) is 4.70. The lowest BCUT2D eigenvalue weighted by Gasteiger charge is -2.19. The lowest BCUT2D eigenvalue weighted by atomic mass is 9.87. The maximum atomic E-state index is 12.5. The number of hydrogen-bond donors (Lipinski definition) is 1. The summed E-state index contributed by atoms with van der Waals surface area (Å²) in [7, 11) is 0. The van der Waals surface area contributed by atoms with Gasteiger partial charge in [-0.3, -0.25) is 4.79 Å². The standard InChI is InChI=1S/C23H25NO4/c1-14-18-8-6-7-9-19(18)28-20(14)22(26)27-15(2)21(25)24-17-12-10-16(11-13-17)23(3,4)5/h6-13,15H,1-5H3,(H,24,25)/t15-/m0/s1. The molecule has 146 valence electrons. The summed E-state index contributed by atoms with van der Waals surface area (Å²) in [5.41, 5.74) is 3.18. The van der Waals surface area contributed by atoms with Crippen molar-refractivity contribution in [1.82, 2.24) is 0 Å². The van der Waals surface area contributed by atoms with Gasteiger partial charge >= 0.3 is 5.97 Å². The summed E-state index contributed by atoms with van der Waals surface area (Å²) in [6.07, 6.45) is -0.956. The molecule has 0 radical (unpaired) electrons. The molecule has 3 aromatic rings. The minimum absolute atomic E-state index is 0.0375. The van der Waals surface area contributed by atoms with Crippen molar-refractivity contribution in [2.24, 2.45) is 0 Å². The van der Waals surface area contributed by atoms with E-state index in [1.807, 2.05) is 42.5 Å². The van der Waals surface area contributed by atoms with Gasteiger partial charge in [0, 0.05) is 16.6 Å². The second kappa shape index (κ2) is 7.50. The largest absolute Gasteiger partial charge is 0.449 e. The minimum Gasteiger partial charge on any atom is -0.449 e. The van der Waals surface area contributed by atoms with Crippen molar-refractivity contribution in [2.45, 2.75) is 46.1 Å². The molecule has 1 N–H and O–H groups in total. The van der Waals surface area contributed by atoms with Crippen LogP contribution in [0.2, 0.25) is 0 Å². The molecule has 2 aromatic carbocycles. The van der Waals surface area contributed by atoms with E-state index in [1.165, 1.54) is 12.5 Å². The van der Waals surface area contributed by atoms with Gasteiger partial charge in [-0.15, -0.1) is 0 Å². The highest BCUT2D eigenvalue weighted by molar-refractivity contribution is 5.99. The number of esters is 1. The molecule has 3 rings (SSSR count). The summed E-state index contributed by atoms with van der Waals surface area (Å²) < 4.78 is 10.9. The Hall–Kier alpha value is -3.08. The number of fused-ring (bicyclic) bond motifs is 1. The van der Waals surface area contributed by atoms with E-state index in [1.54, 1.807) is 13.0 Å². The van der Waals surface area contributed by atoms with E-state index >= 15 is 0 Å². The number of nitrogens with one attached hydrogen (secondary N) is 1. The molecule has 1 atom stereocenters. The summed E-state index contributed by atoms with van der Waals surface area (Å²) in [5, 5.41) is 3.62. The van der Waals surface area contributed by atoms with Gasteiger partial charge in [-0.2, -0.15) is 0 Å². The zero-order valence-electron chi connectivity index (χ0n) is 16.8. The molecular formula is C23H25NO4. The van der Waals surface area contributed by atoms with E-state index in [0.717, 1.165) is 5.39 Å². The van der Waals surface area contributed by atoms with Gasteiger partial charge in [-0.1, -0.05) is 51.1 Å². The van der Waals surface area contributed by atoms with Crippen molar-refractivity contribution in [3.05, 3.63) is 65.4 Å². The highest BCUT2D eigenvalue weighted by atomic mass is 16.6. The minimum atomic E-state index is -0.956. The lowest BCUT2D eigenvalue weighted by Crippen LogP contribution is -2.30. The van der Waals surface area contributed by atoms with Crippen LogP contribution in [0.1, 0.15) is 49.4 Å². The van der Waals surface area contributed by atoms with Gasteiger partial charge < -0.3 is 14.5 Å². The number of furan rings is 1. The van der Waals surface area contributed by atoms with Crippen LogP contribution in [-0.2, 0) is 14.9 Å². The fourth-order valence-electron chi connectivity index (χ4n) is 2.93. The topological polar surface area (TPSA) is 68.5 Å². The predicted octanol–water partition coefficient (Wildman–Crippen LogP) is 5.22. The van der Waals surface area contributed by atoms with Gasteiger partial charge in [0.25, 0.3) is 5.91 Å². The lowest BCUT2D eigenvalue weighted by molar-refractivity contribution is -0.123. The average molecular weight is 379 g/mol. The fourth-order valence-corrected chi connectivity index (χ4v) is 2.93. The quantitative estimate of drug-likeness (QED) is 0.631. The zero-order chi connectivity index (χ0) is 20.5. The van der Waals surface area contributed by atoms with Gasteiger partial charge in [0.1, 0.15) is 5.58 Å². The third-order valence-electron chi connectivity index (χ3n) is 4.70. The number of rotatable bonds is 4. The summed E-state index contributed by atoms with van der Waals surface area (Å²) in [6.45, 7) is 9.71. The number of carbonyl (C=O) groups is 2. The fraction of sp³-hybridized carbons (Fsp3) is 0.304. The molecule has 1 amide bonds. The zero-order valence-corrected chi connectivity index (χ0v) is 16.8. The Balaban J connectivity index is 1.66. The van der Waals surface area contributed by atoms with Crippen LogP contribution in [0, 0.1) is 6.92 Å². The highest BCUT2D eigenvalue weighted by Gasteiger charge is 2.24. The molecule has 28 heavy (non-hydrogen) atoms. The molecule has 0 aliphatic heterocycles. The molecule has 0 saturated carbocycles. The normalized spacial score (nSPS) is 12.6. The van der Waals surface area contributed by atoms with Gasteiger partial charge in [-0.05, 0) is 43.0 Å². The Kier molecular flexibility index (Phi) is 5.27. The van der Waals surface area contributed by atoms with E-state index in [4.69, 9.17) is 9.15 Å². The van der Waals surface area contributed by atoms with Crippen LogP contribution < -0.4 is 5.32 Å². The van der Waals surface area contributed by atoms with Crippen LogP contribution in [0.5, 0.6) is 0 Å². The van der Waals surface area contributed by atoms with Crippen LogP contribution in [-0.4, -0.2) is 18.0 Å². The average Bonchev–Trinajstić information content (AvgIpc) is 2.98. The van der Waals surface area contributed by atoms with Gasteiger partial charge in [0.15, 0.2) is 6.10 Å². The Morgan fingerprint density at radius 3 is 2.29 bits per heavy atom. The molecule has 0 aliphatic rings. The Morgan fingerprint density at radius 2 is 1.68 bits per heavy atom. The Labute approximate surface area is 164 Å². The van der Waals surface area contributed by atoms with Crippen molar-refractivity contribution < 1.29 is 18.7 Å². The number of amides is 1. The number of para-hydroxylation sites is 1. The molecule has 0 fully saturated rings. The summed E-state index contributed by atoms with van der Waals surface area (Å²) in [6, 6.07) is 15.0. The molecule has 0 aliphatic carbocycles. The SMILES string of the molecule is Cc1c(C(=O)O[C@@H](C)C(=O)Nc2ccc(C(C)(C)C)cc2)oc2ccccc12.